The van der Waals surface area contributed by atoms with Gasteiger partial charge in [0.25, 0.3) is 0 Å². The van der Waals surface area contributed by atoms with Gasteiger partial charge in [-0.05, 0) is 31.0 Å². The van der Waals surface area contributed by atoms with Gasteiger partial charge >= 0.3 is 21.3 Å². The number of esters is 1. The van der Waals surface area contributed by atoms with Crippen LogP contribution in [0.15, 0.2) is 24.3 Å². The summed E-state index contributed by atoms with van der Waals surface area (Å²) in [5.41, 5.74) is 1.03. The molecule has 0 bridgehead atoms. The van der Waals surface area contributed by atoms with Crippen LogP contribution in [0.5, 0.6) is 5.75 Å². The van der Waals surface area contributed by atoms with Gasteiger partial charge in [0.2, 0.25) is 0 Å². The average Bonchev–Trinajstić information content (AvgIpc) is 2.44. The number of carbonyl (C=O) groups excluding carboxylic acids is 1. The summed E-state index contributed by atoms with van der Waals surface area (Å²) in [6, 6.07) is 6.54. The molecule has 0 saturated heterocycles. The van der Waals surface area contributed by atoms with Crippen molar-refractivity contribution in [1.82, 2.24) is 0 Å². The van der Waals surface area contributed by atoms with Gasteiger partial charge in [-0.2, -0.15) is 17.2 Å². The Kier molecular flexibility index (Phi) is 5.98. The first-order chi connectivity index (χ1) is 10.1. The second-order valence-corrected chi connectivity index (χ2v) is 5.96. The number of alkyl halides is 2. The van der Waals surface area contributed by atoms with Crippen molar-refractivity contribution in [1.29, 1.82) is 0 Å². The molecule has 6 nitrogen and oxygen atoms in total. The highest BCUT2D eigenvalue weighted by Gasteiger charge is 2.50. The summed E-state index contributed by atoms with van der Waals surface area (Å²) in [6.45, 7) is 1.78. The Morgan fingerprint density at radius 1 is 1.32 bits per heavy atom. The Morgan fingerprint density at radius 2 is 1.86 bits per heavy atom. The van der Waals surface area contributed by atoms with E-state index in [9.17, 15) is 22.0 Å². The predicted octanol–water partition coefficient (Wildman–Crippen LogP) is 2.04. The molecule has 1 N–H and O–H groups in total. The average molecular weight is 338 g/mol. The molecular weight excluding hydrogens is 322 g/mol. The van der Waals surface area contributed by atoms with Crippen molar-refractivity contribution >= 4 is 16.1 Å². The standard InChI is InChI=1S/C13H16F2O6S/c1-3-10-4-6-11(7-5-10)21-12(16)8-20-9(2)13(14,15)22(17,18)19/h4-7,9H,3,8H2,1-2H3,(H,17,18,19). The zero-order valence-corrected chi connectivity index (χ0v) is 12.8. The van der Waals surface area contributed by atoms with Crippen molar-refractivity contribution in [3.63, 3.8) is 0 Å². The third kappa shape index (κ3) is 4.72. The summed E-state index contributed by atoms with van der Waals surface area (Å²) in [7, 11) is -5.63. The lowest BCUT2D eigenvalue weighted by Crippen LogP contribution is -2.42. The lowest BCUT2D eigenvalue weighted by Gasteiger charge is -2.20. The highest BCUT2D eigenvalue weighted by atomic mass is 32.2. The number of carbonyl (C=O) groups is 1. The molecular formula is C13H16F2O6S. The van der Waals surface area contributed by atoms with Gasteiger partial charge in [0.05, 0.1) is 0 Å². The van der Waals surface area contributed by atoms with Crippen LogP contribution in [0.2, 0.25) is 0 Å². The van der Waals surface area contributed by atoms with Crippen molar-refractivity contribution < 1.29 is 36.0 Å². The number of hydrogen-bond acceptors (Lipinski definition) is 5. The minimum Gasteiger partial charge on any atom is -0.425 e. The van der Waals surface area contributed by atoms with Crippen LogP contribution < -0.4 is 4.74 Å². The first kappa shape index (κ1) is 18.5. The van der Waals surface area contributed by atoms with Gasteiger partial charge in [-0.25, -0.2) is 4.79 Å². The molecule has 1 atom stereocenters. The van der Waals surface area contributed by atoms with Gasteiger partial charge in [0.1, 0.15) is 18.5 Å². The minimum atomic E-state index is -5.63. The molecule has 124 valence electrons. The van der Waals surface area contributed by atoms with Gasteiger partial charge in [-0.15, -0.1) is 0 Å². The van der Waals surface area contributed by atoms with Crippen LogP contribution in [0.4, 0.5) is 8.78 Å². The van der Waals surface area contributed by atoms with E-state index < -0.39 is 34.1 Å². The van der Waals surface area contributed by atoms with E-state index >= 15 is 0 Å². The molecule has 0 spiro atoms. The second kappa shape index (κ2) is 7.12. The lowest BCUT2D eigenvalue weighted by atomic mass is 10.2. The first-order valence-electron chi connectivity index (χ1n) is 6.34. The lowest BCUT2D eigenvalue weighted by molar-refractivity contribution is -0.147. The van der Waals surface area contributed by atoms with E-state index in [0.717, 1.165) is 18.9 Å². The van der Waals surface area contributed by atoms with Crippen molar-refractivity contribution in [3.05, 3.63) is 29.8 Å². The summed E-state index contributed by atoms with van der Waals surface area (Å²) in [6.07, 6.45) is -1.41. The van der Waals surface area contributed by atoms with E-state index in [1.54, 1.807) is 12.1 Å². The number of ether oxygens (including phenoxy) is 2. The molecule has 1 aromatic rings. The van der Waals surface area contributed by atoms with Gasteiger partial charge in [-0.3, -0.25) is 4.55 Å². The fourth-order valence-electron chi connectivity index (χ4n) is 1.45. The molecule has 0 heterocycles. The maximum atomic E-state index is 13.2. The second-order valence-electron chi connectivity index (χ2n) is 4.46. The van der Waals surface area contributed by atoms with Crippen LogP contribution in [0.25, 0.3) is 0 Å². The van der Waals surface area contributed by atoms with E-state index in [0.29, 0.717) is 0 Å². The smallest absolute Gasteiger partial charge is 0.394 e. The van der Waals surface area contributed by atoms with E-state index in [2.05, 4.69) is 4.74 Å². The van der Waals surface area contributed by atoms with Crippen LogP contribution in [-0.4, -0.2) is 36.9 Å². The number of rotatable bonds is 7. The number of halogens is 2. The molecule has 0 aliphatic heterocycles. The SMILES string of the molecule is CCc1ccc(OC(=O)COC(C)C(F)(F)S(=O)(=O)O)cc1. The highest BCUT2D eigenvalue weighted by molar-refractivity contribution is 7.86. The first-order valence-corrected chi connectivity index (χ1v) is 7.78. The number of benzene rings is 1. The highest BCUT2D eigenvalue weighted by Crippen LogP contribution is 2.27. The summed E-state index contributed by atoms with van der Waals surface area (Å²) in [5, 5.41) is -4.52. The van der Waals surface area contributed by atoms with Crippen molar-refractivity contribution in [2.75, 3.05) is 6.61 Å². The minimum absolute atomic E-state index is 0.208. The van der Waals surface area contributed by atoms with Crippen LogP contribution in [0, 0.1) is 0 Å². The molecule has 0 saturated carbocycles. The van der Waals surface area contributed by atoms with Gasteiger partial charge < -0.3 is 9.47 Å². The predicted molar refractivity (Wildman–Crippen MR) is 73.4 cm³/mol. The Bertz CT molecular complexity index is 612. The largest absolute Gasteiger partial charge is 0.425 e. The topological polar surface area (TPSA) is 89.9 Å². The van der Waals surface area contributed by atoms with Crippen LogP contribution >= 0.6 is 0 Å². The maximum Gasteiger partial charge on any atom is 0.394 e. The monoisotopic (exact) mass is 338 g/mol. The Morgan fingerprint density at radius 3 is 2.32 bits per heavy atom. The molecule has 1 unspecified atom stereocenters. The van der Waals surface area contributed by atoms with Gasteiger partial charge in [0.15, 0.2) is 0 Å². The van der Waals surface area contributed by atoms with Crippen LogP contribution in [0.3, 0.4) is 0 Å². The zero-order valence-electron chi connectivity index (χ0n) is 12.0. The summed E-state index contributed by atoms with van der Waals surface area (Å²) in [5.74, 6) is -0.762. The third-order valence-corrected chi connectivity index (χ3v) is 3.85. The van der Waals surface area contributed by atoms with E-state index in [4.69, 9.17) is 9.29 Å². The van der Waals surface area contributed by atoms with Crippen LogP contribution in [0.1, 0.15) is 19.4 Å². The molecule has 0 fully saturated rings. The Labute approximate surface area is 126 Å². The van der Waals surface area contributed by atoms with Crippen molar-refractivity contribution in [2.24, 2.45) is 0 Å². The molecule has 0 aliphatic carbocycles. The summed E-state index contributed by atoms with van der Waals surface area (Å²) >= 11 is 0. The van der Waals surface area contributed by atoms with E-state index in [-0.39, 0.29) is 5.75 Å². The van der Waals surface area contributed by atoms with Gasteiger partial charge in [0, 0.05) is 0 Å². The van der Waals surface area contributed by atoms with Crippen molar-refractivity contribution in [2.45, 2.75) is 31.6 Å². The maximum absolute atomic E-state index is 13.2. The fraction of sp³-hybridized carbons (Fsp3) is 0.462. The molecule has 1 rings (SSSR count). The number of hydrogen-bond donors (Lipinski definition) is 1. The normalized spacial score (nSPS) is 13.7. The molecule has 0 aromatic heterocycles. The molecule has 0 amide bonds. The summed E-state index contributed by atoms with van der Waals surface area (Å²) < 4.78 is 65.0. The third-order valence-electron chi connectivity index (χ3n) is 2.83. The molecule has 22 heavy (non-hydrogen) atoms. The van der Waals surface area contributed by atoms with Crippen LogP contribution in [-0.2, 0) is 26.1 Å². The van der Waals surface area contributed by atoms with Gasteiger partial charge in [-0.1, -0.05) is 19.1 Å². The Hall–Kier alpha value is -1.58. The summed E-state index contributed by atoms with van der Waals surface area (Å²) in [4.78, 5) is 11.4. The molecule has 0 aliphatic rings. The van der Waals surface area contributed by atoms with E-state index in [1.165, 1.54) is 12.1 Å². The van der Waals surface area contributed by atoms with E-state index in [1.807, 2.05) is 6.92 Å². The molecule has 1 aromatic carbocycles. The molecule has 9 heteroatoms. The number of aryl methyl sites for hydroxylation is 1. The van der Waals surface area contributed by atoms with Crippen molar-refractivity contribution in [3.8, 4) is 5.75 Å². The molecule has 0 radical (unpaired) electrons. The quantitative estimate of drug-likeness (QED) is 0.465. The Balaban J connectivity index is 2.55. The zero-order chi connectivity index (χ0) is 17.0. The fourth-order valence-corrected chi connectivity index (χ4v) is 1.94.